The Morgan fingerprint density at radius 2 is 1.91 bits per heavy atom. The van der Waals surface area contributed by atoms with E-state index in [2.05, 4.69) is 51.6 Å². The van der Waals surface area contributed by atoms with E-state index in [1.54, 1.807) is 6.07 Å². The maximum absolute atomic E-state index is 13.3. The normalized spacial score (nSPS) is 18.6. The molecular formula is C26H28FN3O2S. The lowest BCUT2D eigenvalue weighted by Gasteiger charge is -2.38. The number of pyridine rings is 1. The van der Waals surface area contributed by atoms with Crippen molar-refractivity contribution in [2.75, 3.05) is 23.4 Å². The molecule has 0 atom stereocenters. The zero-order chi connectivity index (χ0) is 23.0. The van der Waals surface area contributed by atoms with Gasteiger partial charge < -0.3 is 5.32 Å². The third-order valence-electron chi connectivity index (χ3n) is 6.86. The van der Waals surface area contributed by atoms with Gasteiger partial charge in [0, 0.05) is 36.1 Å². The highest BCUT2D eigenvalue weighted by Gasteiger charge is 2.30. The van der Waals surface area contributed by atoms with E-state index in [0.717, 1.165) is 60.5 Å². The van der Waals surface area contributed by atoms with Gasteiger partial charge in [0.05, 0.1) is 23.4 Å². The fraction of sp³-hybridized carbons (Fsp3) is 0.346. The van der Waals surface area contributed by atoms with E-state index < -0.39 is 9.84 Å². The molecule has 2 aliphatic rings. The molecule has 5 nitrogen and oxygen atoms in total. The van der Waals surface area contributed by atoms with Crippen molar-refractivity contribution in [3.8, 4) is 11.3 Å². The molecule has 172 valence electrons. The molecule has 1 N–H and O–H groups in total. The standard InChI is InChI=1S/C26H28FN3O2S/c1-18-5-7-21(15-24(18)25-8-6-20(27)16-28-25)29-26-4-2-3-19-17-30(12-9-23(19)26)22-10-13-33(31,32)14-11-22/h2-8,15-16,22,29H,9-14,17H2,1H3. The van der Waals surface area contributed by atoms with Crippen LogP contribution in [-0.2, 0) is 22.8 Å². The summed E-state index contributed by atoms with van der Waals surface area (Å²) in [6, 6.07) is 16.0. The van der Waals surface area contributed by atoms with Gasteiger partial charge in [-0.2, -0.15) is 0 Å². The van der Waals surface area contributed by atoms with Crippen LogP contribution in [-0.4, -0.2) is 42.4 Å². The van der Waals surface area contributed by atoms with E-state index in [-0.39, 0.29) is 5.82 Å². The summed E-state index contributed by atoms with van der Waals surface area (Å²) in [5.74, 6) is 0.272. The zero-order valence-electron chi connectivity index (χ0n) is 18.7. The van der Waals surface area contributed by atoms with Gasteiger partial charge in [0.15, 0.2) is 0 Å². The van der Waals surface area contributed by atoms with Crippen LogP contribution in [0.5, 0.6) is 0 Å². The van der Waals surface area contributed by atoms with Crippen LogP contribution >= 0.6 is 0 Å². The Morgan fingerprint density at radius 1 is 1.09 bits per heavy atom. The summed E-state index contributed by atoms with van der Waals surface area (Å²) in [6.45, 7) is 3.82. The lowest BCUT2D eigenvalue weighted by molar-refractivity contribution is 0.167. The summed E-state index contributed by atoms with van der Waals surface area (Å²) < 4.78 is 36.9. The van der Waals surface area contributed by atoms with Gasteiger partial charge in [0.25, 0.3) is 0 Å². The Kier molecular flexibility index (Phi) is 5.93. The minimum absolute atomic E-state index is 0.307. The Balaban J connectivity index is 1.35. The largest absolute Gasteiger partial charge is 0.355 e. The smallest absolute Gasteiger partial charge is 0.150 e. The lowest BCUT2D eigenvalue weighted by atomic mass is 9.95. The van der Waals surface area contributed by atoms with Gasteiger partial charge in [-0.25, -0.2) is 12.8 Å². The van der Waals surface area contributed by atoms with E-state index in [1.165, 1.54) is 23.4 Å². The molecule has 2 aromatic carbocycles. The molecule has 0 spiro atoms. The van der Waals surface area contributed by atoms with Crippen LogP contribution in [0.1, 0.15) is 29.5 Å². The highest BCUT2D eigenvalue weighted by Crippen LogP contribution is 2.33. The van der Waals surface area contributed by atoms with Crippen molar-refractivity contribution in [2.45, 2.75) is 38.8 Å². The number of hydrogen-bond donors (Lipinski definition) is 1. The van der Waals surface area contributed by atoms with E-state index in [9.17, 15) is 12.8 Å². The monoisotopic (exact) mass is 465 g/mol. The van der Waals surface area contributed by atoms with Crippen molar-refractivity contribution in [1.29, 1.82) is 0 Å². The first-order valence-electron chi connectivity index (χ1n) is 11.4. The number of nitrogens with zero attached hydrogens (tertiary/aromatic N) is 2. The quantitative estimate of drug-likeness (QED) is 0.595. The topological polar surface area (TPSA) is 62.3 Å². The number of fused-ring (bicyclic) bond motifs is 1. The predicted octanol–water partition coefficient (Wildman–Crippen LogP) is 4.88. The number of aromatic nitrogens is 1. The molecule has 1 fully saturated rings. The summed E-state index contributed by atoms with van der Waals surface area (Å²) in [5, 5.41) is 3.59. The summed E-state index contributed by atoms with van der Waals surface area (Å²) in [7, 11) is -2.84. The molecule has 0 saturated carbocycles. The van der Waals surface area contributed by atoms with Crippen LogP contribution in [0, 0.1) is 12.7 Å². The van der Waals surface area contributed by atoms with E-state index in [0.29, 0.717) is 17.5 Å². The van der Waals surface area contributed by atoms with Crippen LogP contribution in [0.2, 0.25) is 0 Å². The van der Waals surface area contributed by atoms with E-state index in [4.69, 9.17) is 0 Å². The summed E-state index contributed by atoms with van der Waals surface area (Å²) in [6.07, 6.45) is 3.65. The number of rotatable bonds is 4. The SMILES string of the molecule is Cc1ccc(Nc2cccc3c2CCN(C2CCS(=O)(=O)CC2)C3)cc1-c1ccc(F)cn1. The molecule has 1 saturated heterocycles. The maximum atomic E-state index is 13.3. The fourth-order valence-corrected chi connectivity index (χ4v) is 6.44. The third-order valence-corrected chi connectivity index (χ3v) is 8.57. The van der Waals surface area contributed by atoms with Gasteiger partial charge >= 0.3 is 0 Å². The molecule has 0 radical (unpaired) electrons. The fourth-order valence-electron chi connectivity index (χ4n) is 4.97. The molecule has 0 amide bonds. The number of sulfone groups is 1. The van der Waals surface area contributed by atoms with Crippen molar-refractivity contribution in [1.82, 2.24) is 9.88 Å². The maximum Gasteiger partial charge on any atom is 0.150 e. The highest BCUT2D eigenvalue weighted by molar-refractivity contribution is 7.91. The molecule has 3 aromatic rings. The first kappa shape index (κ1) is 22.0. The molecule has 2 aliphatic heterocycles. The van der Waals surface area contributed by atoms with Crippen LogP contribution in [0.15, 0.2) is 54.7 Å². The first-order valence-corrected chi connectivity index (χ1v) is 13.2. The Morgan fingerprint density at radius 3 is 2.67 bits per heavy atom. The molecule has 0 unspecified atom stereocenters. The molecular weight excluding hydrogens is 437 g/mol. The molecule has 0 aliphatic carbocycles. The van der Waals surface area contributed by atoms with Crippen molar-refractivity contribution in [3.63, 3.8) is 0 Å². The second-order valence-electron chi connectivity index (χ2n) is 9.06. The van der Waals surface area contributed by atoms with Crippen molar-refractivity contribution in [2.24, 2.45) is 0 Å². The van der Waals surface area contributed by atoms with Gasteiger partial charge in [0.2, 0.25) is 0 Å². The Labute approximate surface area is 194 Å². The van der Waals surface area contributed by atoms with Crippen LogP contribution < -0.4 is 5.32 Å². The van der Waals surface area contributed by atoms with Crippen LogP contribution in [0.25, 0.3) is 11.3 Å². The van der Waals surface area contributed by atoms with Gasteiger partial charge in [-0.05, 0) is 73.2 Å². The Hall–Kier alpha value is -2.77. The summed E-state index contributed by atoms with van der Waals surface area (Å²) >= 11 is 0. The number of nitrogens with one attached hydrogen (secondary N) is 1. The molecule has 7 heteroatoms. The van der Waals surface area contributed by atoms with Crippen LogP contribution in [0.3, 0.4) is 0 Å². The molecule has 1 aromatic heterocycles. The van der Waals surface area contributed by atoms with Gasteiger partial charge in [0.1, 0.15) is 15.7 Å². The lowest BCUT2D eigenvalue weighted by Crippen LogP contribution is -2.43. The van der Waals surface area contributed by atoms with E-state index in [1.807, 2.05) is 6.92 Å². The second kappa shape index (κ2) is 8.88. The second-order valence-corrected chi connectivity index (χ2v) is 11.4. The average Bonchev–Trinajstić information content (AvgIpc) is 2.81. The number of halogens is 1. The number of anilines is 2. The highest BCUT2D eigenvalue weighted by atomic mass is 32.2. The predicted molar refractivity (Wildman–Crippen MR) is 130 cm³/mol. The first-order chi connectivity index (χ1) is 15.9. The molecule has 33 heavy (non-hydrogen) atoms. The van der Waals surface area contributed by atoms with E-state index >= 15 is 0 Å². The van der Waals surface area contributed by atoms with Crippen molar-refractivity contribution < 1.29 is 12.8 Å². The van der Waals surface area contributed by atoms with Crippen molar-refractivity contribution in [3.05, 3.63) is 77.2 Å². The number of aryl methyl sites for hydroxylation is 1. The average molecular weight is 466 g/mol. The molecule has 3 heterocycles. The van der Waals surface area contributed by atoms with Gasteiger partial charge in [-0.15, -0.1) is 0 Å². The number of benzene rings is 2. The van der Waals surface area contributed by atoms with Gasteiger partial charge in [-0.3, -0.25) is 9.88 Å². The van der Waals surface area contributed by atoms with Crippen LogP contribution in [0.4, 0.5) is 15.8 Å². The third kappa shape index (κ3) is 4.80. The minimum atomic E-state index is -2.84. The zero-order valence-corrected chi connectivity index (χ0v) is 19.5. The van der Waals surface area contributed by atoms with Gasteiger partial charge in [-0.1, -0.05) is 18.2 Å². The minimum Gasteiger partial charge on any atom is -0.355 e. The molecule has 0 bridgehead atoms. The molecule has 5 rings (SSSR count). The summed E-state index contributed by atoms with van der Waals surface area (Å²) in [4.78, 5) is 6.69. The Bertz CT molecular complexity index is 1260. The summed E-state index contributed by atoms with van der Waals surface area (Å²) in [5.41, 5.74) is 7.49. The van der Waals surface area contributed by atoms with Crippen molar-refractivity contribution >= 4 is 21.2 Å². The number of hydrogen-bond acceptors (Lipinski definition) is 5.